The minimum Gasteiger partial charge on any atom is -0.324 e. The summed E-state index contributed by atoms with van der Waals surface area (Å²) in [5.74, 6) is -1.75. The predicted molar refractivity (Wildman–Crippen MR) is 113 cm³/mol. The molecule has 3 heterocycles. The van der Waals surface area contributed by atoms with Crippen LogP contribution in [-0.2, 0) is 11.3 Å². The molecule has 0 fully saturated rings. The van der Waals surface area contributed by atoms with Crippen molar-refractivity contribution in [2.24, 2.45) is 0 Å². The Balaban J connectivity index is 1.53. The van der Waals surface area contributed by atoms with Crippen LogP contribution in [-0.4, -0.2) is 25.9 Å². The van der Waals surface area contributed by atoms with Gasteiger partial charge in [0.1, 0.15) is 22.8 Å². The van der Waals surface area contributed by atoms with E-state index in [0.29, 0.717) is 23.4 Å². The van der Waals surface area contributed by atoms with Crippen LogP contribution in [0.3, 0.4) is 0 Å². The molecule has 1 amide bonds. The van der Waals surface area contributed by atoms with Crippen molar-refractivity contribution < 1.29 is 13.6 Å². The zero-order chi connectivity index (χ0) is 21.4. The van der Waals surface area contributed by atoms with Gasteiger partial charge in [0.25, 0.3) is 0 Å². The summed E-state index contributed by atoms with van der Waals surface area (Å²) in [5.41, 5.74) is 3.40. The van der Waals surface area contributed by atoms with Gasteiger partial charge in [-0.15, -0.1) is 0 Å². The lowest BCUT2D eigenvalue weighted by atomic mass is 10.1. The quantitative estimate of drug-likeness (QED) is 0.428. The van der Waals surface area contributed by atoms with Crippen LogP contribution in [0.2, 0.25) is 0 Å². The van der Waals surface area contributed by atoms with Crippen molar-refractivity contribution in [1.29, 1.82) is 0 Å². The molecule has 0 saturated heterocycles. The maximum absolute atomic E-state index is 14.2. The van der Waals surface area contributed by atoms with E-state index in [0.717, 1.165) is 28.6 Å². The van der Waals surface area contributed by atoms with E-state index in [4.69, 9.17) is 0 Å². The number of carbonyl (C=O) groups is 1. The molecule has 5 rings (SSSR count). The molecule has 1 N–H and O–H groups in total. The van der Waals surface area contributed by atoms with Crippen LogP contribution < -0.4 is 5.32 Å². The molecule has 3 aromatic heterocycles. The molecule has 5 aromatic rings. The molecular weight excluding hydrogens is 400 g/mol. The normalized spacial score (nSPS) is 11.2. The SMILES string of the molecule is O=CNc1c(F)cc(-c2ccc3ncn(Cc4ccc5ncccc5c4)c3n2)cc1F. The molecule has 0 aliphatic heterocycles. The second-order valence-electron chi connectivity index (χ2n) is 7.02. The molecule has 152 valence electrons. The number of aromatic nitrogens is 4. The fourth-order valence-electron chi connectivity index (χ4n) is 3.55. The Morgan fingerprint density at radius 2 is 1.77 bits per heavy atom. The third kappa shape index (κ3) is 3.48. The van der Waals surface area contributed by atoms with E-state index >= 15 is 0 Å². The van der Waals surface area contributed by atoms with Gasteiger partial charge < -0.3 is 9.88 Å². The maximum atomic E-state index is 14.2. The van der Waals surface area contributed by atoms with Gasteiger partial charge >= 0.3 is 0 Å². The second-order valence-corrected chi connectivity index (χ2v) is 7.02. The summed E-state index contributed by atoms with van der Waals surface area (Å²) in [6, 6.07) is 15.6. The lowest BCUT2D eigenvalue weighted by molar-refractivity contribution is -0.105. The van der Waals surface area contributed by atoms with Crippen molar-refractivity contribution in [3.8, 4) is 11.3 Å². The number of hydrogen-bond acceptors (Lipinski definition) is 4. The average molecular weight is 415 g/mol. The van der Waals surface area contributed by atoms with Gasteiger partial charge in [0.2, 0.25) is 6.41 Å². The number of anilines is 1. The lowest BCUT2D eigenvalue weighted by Crippen LogP contribution is -2.02. The van der Waals surface area contributed by atoms with Crippen molar-refractivity contribution in [3.05, 3.63) is 84.3 Å². The first-order valence-corrected chi connectivity index (χ1v) is 9.47. The van der Waals surface area contributed by atoms with E-state index in [1.165, 1.54) is 0 Å². The summed E-state index contributed by atoms with van der Waals surface area (Å²) in [4.78, 5) is 23.8. The summed E-state index contributed by atoms with van der Waals surface area (Å²) in [5, 5.41) is 3.06. The summed E-state index contributed by atoms with van der Waals surface area (Å²) in [6.07, 6.45) is 3.67. The number of halogens is 2. The van der Waals surface area contributed by atoms with E-state index in [-0.39, 0.29) is 12.0 Å². The van der Waals surface area contributed by atoms with Crippen LogP contribution in [0, 0.1) is 11.6 Å². The summed E-state index contributed by atoms with van der Waals surface area (Å²) in [6.45, 7) is 0.530. The topological polar surface area (TPSA) is 72.7 Å². The molecule has 0 unspecified atom stereocenters. The van der Waals surface area contributed by atoms with Gasteiger partial charge in [0, 0.05) is 17.1 Å². The number of fused-ring (bicyclic) bond motifs is 2. The van der Waals surface area contributed by atoms with Crippen molar-refractivity contribution in [3.63, 3.8) is 0 Å². The average Bonchev–Trinajstić information content (AvgIpc) is 3.18. The van der Waals surface area contributed by atoms with Crippen molar-refractivity contribution in [2.45, 2.75) is 6.54 Å². The zero-order valence-electron chi connectivity index (χ0n) is 16.1. The third-order valence-corrected chi connectivity index (χ3v) is 5.02. The fourth-order valence-corrected chi connectivity index (χ4v) is 3.55. The van der Waals surface area contributed by atoms with Crippen molar-refractivity contribution >= 4 is 34.2 Å². The van der Waals surface area contributed by atoms with Crippen LogP contribution in [0.1, 0.15) is 5.56 Å². The number of carbonyl (C=O) groups excluding carboxylic acids is 1. The molecule has 6 nitrogen and oxygen atoms in total. The molecule has 2 aromatic carbocycles. The Hall–Kier alpha value is -4.20. The van der Waals surface area contributed by atoms with Crippen LogP contribution in [0.4, 0.5) is 14.5 Å². The molecule has 8 heteroatoms. The number of nitrogens with zero attached hydrogens (tertiary/aromatic N) is 4. The van der Waals surface area contributed by atoms with Crippen LogP contribution in [0.5, 0.6) is 0 Å². The van der Waals surface area contributed by atoms with E-state index in [2.05, 4.69) is 21.0 Å². The Morgan fingerprint density at radius 1 is 0.968 bits per heavy atom. The summed E-state index contributed by atoms with van der Waals surface area (Å²) in [7, 11) is 0. The number of amides is 1. The van der Waals surface area contributed by atoms with E-state index in [9.17, 15) is 13.6 Å². The molecule has 0 aliphatic rings. The van der Waals surface area contributed by atoms with Crippen LogP contribution in [0.25, 0.3) is 33.3 Å². The molecular formula is C23H15F2N5O. The molecule has 0 aliphatic carbocycles. The number of imidazole rings is 1. The van der Waals surface area contributed by atoms with Gasteiger partial charge in [-0.25, -0.2) is 18.7 Å². The Bertz CT molecular complexity index is 1420. The predicted octanol–water partition coefficient (Wildman–Crippen LogP) is 4.54. The molecule has 0 spiro atoms. The smallest absolute Gasteiger partial charge is 0.211 e. The first-order valence-electron chi connectivity index (χ1n) is 9.47. The first kappa shape index (κ1) is 18.8. The summed E-state index contributed by atoms with van der Waals surface area (Å²) < 4.78 is 30.3. The number of pyridine rings is 2. The Kier molecular flexibility index (Phi) is 4.59. The fraction of sp³-hybridized carbons (Fsp3) is 0.0435. The minimum absolute atomic E-state index is 0.229. The highest BCUT2D eigenvalue weighted by Gasteiger charge is 2.14. The Labute approximate surface area is 175 Å². The van der Waals surface area contributed by atoms with Crippen molar-refractivity contribution in [1.82, 2.24) is 19.5 Å². The Morgan fingerprint density at radius 3 is 2.58 bits per heavy atom. The standard InChI is InChI=1S/C23H15F2N5O/c24-17-9-16(10-18(25)22(17)28-13-31)20-5-6-21-23(29-20)30(12-27-21)11-14-3-4-19-15(8-14)2-1-7-26-19/h1-10,12-13H,11H2,(H,28,31). The third-order valence-electron chi connectivity index (χ3n) is 5.02. The van der Waals surface area contributed by atoms with Crippen LogP contribution in [0.15, 0.2) is 67.1 Å². The number of nitrogens with one attached hydrogen (secondary N) is 1. The highest BCUT2D eigenvalue weighted by molar-refractivity contribution is 5.80. The van der Waals surface area contributed by atoms with E-state index in [1.54, 1.807) is 24.7 Å². The molecule has 0 radical (unpaired) electrons. The number of benzene rings is 2. The highest BCUT2D eigenvalue weighted by atomic mass is 19.1. The van der Waals surface area contributed by atoms with Gasteiger partial charge in [-0.05, 0) is 48.0 Å². The summed E-state index contributed by atoms with van der Waals surface area (Å²) >= 11 is 0. The minimum atomic E-state index is -0.873. The van der Waals surface area contributed by atoms with Gasteiger partial charge in [-0.1, -0.05) is 12.1 Å². The highest BCUT2D eigenvalue weighted by Crippen LogP contribution is 2.27. The monoisotopic (exact) mass is 415 g/mol. The lowest BCUT2D eigenvalue weighted by Gasteiger charge is -2.08. The molecule has 0 bridgehead atoms. The number of rotatable bonds is 5. The van der Waals surface area contributed by atoms with Crippen LogP contribution >= 0.6 is 0 Å². The van der Waals surface area contributed by atoms with Crippen molar-refractivity contribution in [2.75, 3.05) is 5.32 Å². The van der Waals surface area contributed by atoms with Gasteiger partial charge in [0.05, 0.1) is 24.1 Å². The molecule has 0 saturated carbocycles. The largest absolute Gasteiger partial charge is 0.324 e. The zero-order valence-corrected chi connectivity index (χ0v) is 16.1. The van der Waals surface area contributed by atoms with Gasteiger partial charge in [-0.3, -0.25) is 9.78 Å². The van der Waals surface area contributed by atoms with E-state index in [1.807, 2.05) is 34.1 Å². The second kappa shape index (κ2) is 7.56. The molecule has 31 heavy (non-hydrogen) atoms. The van der Waals surface area contributed by atoms with E-state index < -0.39 is 17.3 Å². The molecule has 0 atom stereocenters. The van der Waals surface area contributed by atoms with Gasteiger partial charge in [-0.2, -0.15) is 0 Å². The number of hydrogen-bond donors (Lipinski definition) is 1. The maximum Gasteiger partial charge on any atom is 0.211 e. The van der Waals surface area contributed by atoms with Gasteiger partial charge in [0.15, 0.2) is 5.65 Å². The first-order chi connectivity index (χ1) is 15.1.